The van der Waals surface area contributed by atoms with E-state index in [9.17, 15) is 17.6 Å². The van der Waals surface area contributed by atoms with Crippen molar-refractivity contribution in [3.05, 3.63) is 81.9 Å². The molecule has 162 valence electrons. The number of carbonyl (C=O) groups is 1. The van der Waals surface area contributed by atoms with Crippen molar-refractivity contribution in [3.8, 4) is 5.75 Å². The Labute approximate surface area is 185 Å². The lowest BCUT2D eigenvalue weighted by molar-refractivity contribution is 0.0725. The van der Waals surface area contributed by atoms with Gasteiger partial charge < -0.3 is 4.74 Å². The summed E-state index contributed by atoms with van der Waals surface area (Å²) in [5, 5.41) is -0.703. The SMILES string of the molecule is Cc1ccc(C(C)C)c(OC(=O)c2nc(S(=O)(=O)Cc3ccc(F)cc3)ncc2Cl)c1. The Balaban J connectivity index is 1.91. The first-order chi connectivity index (χ1) is 14.6. The lowest BCUT2D eigenvalue weighted by atomic mass is 10.0. The standard InChI is InChI=1S/C22H20ClFN2O4S/c1-13(2)17-9-4-14(3)10-19(17)30-21(27)20-18(23)11-25-22(26-20)31(28,29)12-15-5-7-16(24)8-6-15/h4-11,13H,12H2,1-3H3. The zero-order valence-corrected chi connectivity index (χ0v) is 18.7. The molecule has 1 aromatic heterocycles. The molecule has 0 unspecified atom stereocenters. The largest absolute Gasteiger partial charge is 0.421 e. The molecule has 0 fully saturated rings. The van der Waals surface area contributed by atoms with Crippen molar-refractivity contribution in [1.82, 2.24) is 9.97 Å². The molecule has 1 heterocycles. The van der Waals surface area contributed by atoms with Gasteiger partial charge in [-0.1, -0.05) is 49.7 Å². The quantitative estimate of drug-likeness (QED) is 0.294. The second-order valence-corrected chi connectivity index (χ2v) is 9.61. The number of carbonyl (C=O) groups excluding carboxylic acids is 1. The maximum absolute atomic E-state index is 13.1. The molecule has 0 aliphatic carbocycles. The average molecular weight is 463 g/mol. The number of aryl methyl sites for hydroxylation is 1. The highest BCUT2D eigenvalue weighted by Crippen LogP contribution is 2.29. The molecule has 2 aromatic carbocycles. The molecule has 3 rings (SSSR count). The van der Waals surface area contributed by atoms with Crippen LogP contribution in [0.5, 0.6) is 5.75 Å². The molecular weight excluding hydrogens is 443 g/mol. The van der Waals surface area contributed by atoms with Gasteiger partial charge in [0.2, 0.25) is 15.0 Å². The molecule has 0 saturated carbocycles. The topological polar surface area (TPSA) is 86.2 Å². The van der Waals surface area contributed by atoms with Crippen molar-refractivity contribution < 1.29 is 22.3 Å². The number of halogens is 2. The molecule has 3 aromatic rings. The van der Waals surface area contributed by atoms with Crippen molar-refractivity contribution in [2.45, 2.75) is 37.6 Å². The fourth-order valence-corrected chi connectivity index (χ4v) is 4.24. The van der Waals surface area contributed by atoms with Gasteiger partial charge >= 0.3 is 5.97 Å². The van der Waals surface area contributed by atoms with E-state index in [1.807, 2.05) is 32.9 Å². The molecule has 31 heavy (non-hydrogen) atoms. The molecule has 0 N–H and O–H groups in total. The molecular formula is C22H20ClFN2O4S. The van der Waals surface area contributed by atoms with E-state index in [1.165, 1.54) is 12.1 Å². The summed E-state index contributed by atoms with van der Waals surface area (Å²) in [4.78, 5) is 20.4. The van der Waals surface area contributed by atoms with Crippen molar-refractivity contribution in [2.75, 3.05) is 0 Å². The van der Waals surface area contributed by atoms with Gasteiger partial charge in [0, 0.05) is 0 Å². The third kappa shape index (κ3) is 5.45. The van der Waals surface area contributed by atoms with Crippen molar-refractivity contribution in [3.63, 3.8) is 0 Å². The first kappa shape index (κ1) is 22.8. The lowest BCUT2D eigenvalue weighted by Gasteiger charge is -2.14. The molecule has 0 amide bonds. The second-order valence-electron chi connectivity index (χ2n) is 7.32. The van der Waals surface area contributed by atoms with Crippen LogP contribution in [0.15, 0.2) is 53.8 Å². The number of rotatable bonds is 6. The van der Waals surface area contributed by atoms with Crippen LogP contribution in [-0.2, 0) is 15.6 Å². The first-order valence-electron chi connectivity index (χ1n) is 9.39. The zero-order chi connectivity index (χ0) is 22.8. The van der Waals surface area contributed by atoms with E-state index in [4.69, 9.17) is 16.3 Å². The number of aromatic nitrogens is 2. The summed E-state index contributed by atoms with van der Waals surface area (Å²) in [5.74, 6) is -1.39. The van der Waals surface area contributed by atoms with Gasteiger partial charge in [-0.05, 0) is 47.7 Å². The van der Waals surface area contributed by atoms with E-state index in [-0.39, 0.29) is 16.6 Å². The molecule has 9 heteroatoms. The van der Waals surface area contributed by atoms with Crippen LogP contribution in [-0.4, -0.2) is 24.4 Å². The minimum absolute atomic E-state index is 0.0934. The number of sulfone groups is 1. The predicted molar refractivity (Wildman–Crippen MR) is 115 cm³/mol. The Morgan fingerprint density at radius 3 is 2.48 bits per heavy atom. The van der Waals surface area contributed by atoms with Crippen molar-refractivity contribution >= 4 is 27.4 Å². The molecule has 0 bridgehead atoms. The van der Waals surface area contributed by atoms with Crippen LogP contribution in [0.25, 0.3) is 0 Å². The van der Waals surface area contributed by atoms with Gasteiger partial charge in [-0.3, -0.25) is 0 Å². The molecule has 0 saturated heterocycles. The average Bonchev–Trinajstić information content (AvgIpc) is 2.69. The van der Waals surface area contributed by atoms with Crippen molar-refractivity contribution in [2.24, 2.45) is 0 Å². The van der Waals surface area contributed by atoms with Crippen molar-refractivity contribution in [1.29, 1.82) is 0 Å². The Morgan fingerprint density at radius 1 is 1.16 bits per heavy atom. The summed E-state index contributed by atoms with van der Waals surface area (Å²) < 4.78 is 44.0. The van der Waals surface area contributed by atoms with Crippen LogP contribution in [0.3, 0.4) is 0 Å². The van der Waals surface area contributed by atoms with E-state index in [0.717, 1.165) is 29.5 Å². The van der Waals surface area contributed by atoms with Gasteiger partial charge in [0.25, 0.3) is 0 Å². The molecule has 6 nitrogen and oxygen atoms in total. The van der Waals surface area contributed by atoms with E-state index in [2.05, 4.69) is 9.97 Å². The minimum Gasteiger partial charge on any atom is -0.421 e. The highest BCUT2D eigenvalue weighted by Gasteiger charge is 2.25. The Kier molecular flexibility index (Phi) is 6.71. The smallest absolute Gasteiger partial charge is 0.364 e. The number of esters is 1. The number of ether oxygens (including phenoxy) is 1. The van der Waals surface area contributed by atoms with Gasteiger partial charge in [0.1, 0.15) is 11.6 Å². The van der Waals surface area contributed by atoms with E-state index >= 15 is 0 Å². The number of nitrogens with zero attached hydrogens (tertiary/aromatic N) is 2. The Bertz CT molecular complexity index is 1230. The summed E-state index contributed by atoms with van der Waals surface area (Å²) in [7, 11) is -4.01. The van der Waals surface area contributed by atoms with Gasteiger partial charge in [0.15, 0.2) is 5.69 Å². The van der Waals surface area contributed by atoms with Crippen LogP contribution in [0.1, 0.15) is 46.9 Å². The maximum Gasteiger partial charge on any atom is 0.364 e. The highest BCUT2D eigenvalue weighted by molar-refractivity contribution is 7.90. The van der Waals surface area contributed by atoms with Crippen LogP contribution in [0.2, 0.25) is 5.02 Å². The Morgan fingerprint density at radius 2 is 1.84 bits per heavy atom. The van der Waals surface area contributed by atoms with E-state index < -0.39 is 32.5 Å². The van der Waals surface area contributed by atoms with Gasteiger partial charge in [0.05, 0.1) is 17.0 Å². The summed E-state index contributed by atoms with van der Waals surface area (Å²) in [6.07, 6.45) is 1.04. The third-order valence-electron chi connectivity index (χ3n) is 4.46. The van der Waals surface area contributed by atoms with Gasteiger partial charge in [-0.15, -0.1) is 0 Å². The fraction of sp³-hybridized carbons (Fsp3) is 0.227. The Hall–Kier alpha value is -2.84. The summed E-state index contributed by atoms with van der Waals surface area (Å²) in [6, 6.07) is 10.5. The molecule has 0 aliphatic rings. The summed E-state index contributed by atoms with van der Waals surface area (Å²) >= 11 is 6.06. The van der Waals surface area contributed by atoms with Crippen LogP contribution in [0, 0.1) is 12.7 Å². The molecule has 0 spiro atoms. The second kappa shape index (κ2) is 9.11. The normalized spacial score (nSPS) is 11.5. The molecule has 0 aliphatic heterocycles. The zero-order valence-electron chi connectivity index (χ0n) is 17.1. The van der Waals surface area contributed by atoms with E-state index in [1.54, 1.807) is 6.07 Å². The highest BCUT2D eigenvalue weighted by atomic mass is 35.5. The lowest BCUT2D eigenvalue weighted by Crippen LogP contribution is -2.17. The van der Waals surface area contributed by atoms with Gasteiger partial charge in [-0.25, -0.2) is 27.6 Å². The fourth-order valence-electron chi connectivity index (χ4n) is 2.86. The minimum atomic E-state index is -4.01. The summed E-state index contributed by atoms with van der Waals surface area (Å²) in [6.45, 7) is 5.78. The third-order valence-corrected chi connectivity index (χ3v) is 6.20. The van der Waals surface area contributed by atoms with E-state index in [0.29, 0.717) is 11.3 Å². The first-order valence-corrected chi connectivity index (χ1v) is 11.4. The van der Waals surface area contributed by atoms with Crippen LogP contribution in [0.4, 0.5) is 4.39 Å². The van der Waals surface area contributed by atoms with Crippen LogP contribution >= 0.6 is 11.6 Å². The summed E-state index contributed by atoms with van der Waals surface area (Å²) in [5.41, 5.74) is 1.70. The number of hydrogen-bond donors (Lipinski definition) is 0. The number of benzene rings is 2. The number of hydrogen-bond acceptors (Lipinski definition) is 6. The monoisotopic (exact) mass is 462 g/mol. The van der Waals surface area contributed by atoms with Gasteiger partial charge in [-0.2, -0.15) is 0 Å². The predicted octanol–water partition coefficient (Wildman–Crippen LogP) is 4.89. The molecule has 0 radical (unpaired) electrons. The maximum atomic E-state index is 13.1. The molecule has 0 atom stereocenters. The van der Waals surface area contributed by atoms with Crippen LogP contribution < -0.4 is 4.74 Å².